The maximum atomic E-state index is 12.8. The molecular weight excluding hydrogens is 865 g/mol. The molecule has 406 valence electrons. The molecule has 0 aromatic rings. The Balaban J connectivity index is 4.08. The Labute approximate surface area is 434 Å². The second-order valence-electron chi connectivity index (χ2n) is 20.2. The molecule has 1 unspecified atom stereocenters. The fourth-order valence-electron chi connectivity index (χ4n) is 8.77. The largest absolute Gasteiger partial charge is 0.462 e. The van der Waals surface area contributed by atoms with E-state index in [1.807, 2.05) is 0 Å². The summed E-state index contributed by atoms with van der Waals surface area (Å²) in [6.07, 6.45) is 73.9. The van der Waals surface area contributed by atoms with E-state index >= 15 is 0 Å². The normalized spacial score (nSPS) is 12.4. The summed E-state index contributed by atoms with van der Waals surface area (Å²) in [4.78, 5) is 38.0. The summed E-state index contributed by atoms with van der Waals surface area (Å²) in [5, 5.41) is 0. The number of rotatable bonds is 55. The molecule has 0 heterocycles. The van der Waals surface area contributed by atoms with Crippen LogP contribution in [0.1, 0.15) is 310 Å². The zero-order chi connectivity index (χ0) is 50.7. The molecule has 0 rings (SSSR count). The average molecular weight is 980 g/mol. The summed E-state index contributed by atoms with van der Waals surface area (Å²) in [6.45, 7) is 6.52. The molecule has 0 amide bonds. The van der Waals surface area contributed by atoms with Crippen LogP contribution in [0, 0.1) is 0 Å². The zero-order valence-corrected chi connectivity index (χ0v) is 46.5. The van der Waals surface area contributed by atoms with Crippen LogP contribution in [0.5, 0.6) is 0 Å². The predicted molar refractivity (Wildman–Crippen MR) is 302 cm³/mol. The van der Waals surface area contributed by atoms with Gasteiger partial charge >= 0.3 is 17.9 Å². The van der Waals surface area contributed by atoms with Gasteiger partial charge in [0.2, 0.25) is 0 Å². The van der Waals surface area contributed by atoms with E-state index in [1.165, 1.54) is 180 Å². The van der Waals surface area contributed by atoms with E-state index in [1.54, 1.807) is 0 Å². The highest BCUT2D eigenvalue weighted by atomic mass is 16.6. The fourth-order valence-corrected chi connectivity index (χ4v) is 8.77. The molecule has 1 atom stereocenters. The van der Waals surface area contributed by atoms with Crippen molar-refractivity contribution in [3.63, 3.8) is 0 Å². The second-order valence-corrected chi connectivity index (χ2v) is 20.2. The molecule has 0 N–H and O–H groups in total. The van der Waals surface area contributed by atoms with Crippen LogP contribution in [-0.4, -0.2) is 37.2 Å². The van der Waals surface area contributed by atoms with Gasteiger partial charge in [-0.3, -0.25) is 14.4 Å². The number of unbranched alkanes of at least 4 members (excludes halogenated alkanes) is 34. The number of carbonyl (C=O) groups excluding carboxylic acids is 3. The fraction of sp³-hybridized carbons (Fsp3) is 0.797. The lowest BCUT2D eigenvalue weighted by Crippen LogP contribution is -2.30. The summed E-state index contributed by atoms with van der Waals surface area (Å²) in [7, 11) is 0. The van der Waals surface area contributed by atoms with Gasteiger partial charge in [0.25, 0.3) is 0 Å². The maximum Gasteiger partial charge on any atom is 0.306 e. The lowest BCUT2D eigenvalue weighted by atomic mass is 10.0. The van der Waals surface area contributed by atoms with Gasteiger partial charge in [-0.15, -0.1) is 0 Å². The number of carbonyl (C=O) groups is 3. The first-order valence-electron chi connectivity index (χ1n) is 30.3. The number of hydrogen-bond donors (Lipinski definition) is 0. The Hall–Kier alpha value is -2.89. The predicted octanol–water partition coefficient (Wildman–Crippen LogP) is 20.4. The van der Waals surface area contributed by atoms with E-state index in [0.29, 0.717) is 19.3 Å². The van der Waals surface area contributed by atoms with Crippen LogP contribution in [0.15, 0.2) is 60.8 Å². The van der Waals surface area contributed by atoms with Gasteiger partial charge in [0.1, 0.15) is 13.2 Å². The molecule has 0 aliphatic carbocycles. The molecule has 0 aliphatic heterocycles. The summed E-state index contributed by atoms with van der Waals surface area (Å²) < 4.78 is 16.8. The van der Waals surface area contributed by atoms with Gasteiger partial charge in [-0.25, -0.2) is 0 Å². The highest BCUT2D eigenvalue weighted by Crippen LogP contribution is 2.17. The maximum absolute atomic E-state index is 12.8. The van der Waals surface area contributed by atoms with E-state index in [-0.39, 0.29) is 31.1 Å². The lowest BCUT2D eigenvalue weighted by Gasteiger charge is -2.18. The topological polar surface area (TPSA) is 78.9 Å². The third-order valence-corrected chi connectivity index (χ3v) is 13.3. The minimum Gasteiger partial charge on any atom is -0.462 e. The molecule has 70 heavy (non-hydrogen) atoms. The second kappa shape index (κ2) is 58.7. The zero-order valence-electron chi connectivity index (χ0n) is 46.5. The third kappa shape index (κ3) is 56.0. The quantitative estimate of drug-likeness (QED) is 0.0261. The van der Waals surface area contributed by atoms with Crippen molar-refractivity contribution >= 4 is 17.9 Å². The molecule has 0 fully saturated rings. The van der Waals surface area contributed by atoms with Crippen molar-refractivity contribution in [3.8, 4) is 0 Å². The van der Waals surface area contributed by atoms with Gasteiger partial charge < -0.3 is 14.2 Å². The van der Waals surface area contributed by atoms with Crippen LogP contribution >= 0.6 is 0 Å². The summed E-state index contributed by atoms with van der Waals surface area (Å²) in [5.41, 5.74) is 0. The third-order valence-electron chi connectivity index (χ3n) is 13.3. The smallest absolute Gasteiger partial charge is 0.306 e. The van der Waals surface area contributed by atoms with Crippen molar-refractivity contribution in [1.29, 1.82) is 0 Å². The molecule has 0 bridgehead atoms. The van der Waals surface area contributed by atoms with E-state index < -0.39 is 6.10 Å². The van der Waals surface area contributed by atoms with E-state index in [4.69, 9.17) is 14.2 Å². The van der Waals surface area contributed by atoms with Gasteiger partial charge in [0.15, 0.2) is 6.10 Å². The van der Waals surface area contributed by atoms with E-state index in [9.17, 15) is 14.4 Å². The van der Waals surface area contributed by atoms with Crippen molar-refractivity contribution in [1.82, 2.24) is 0 Å². The molecular formula is C64H114O6. The molecule has 0 aromatic carbocycles. The summed E-state index contributed by atoms with van der Waals surface area (Å²) in [5.74, 6) is -0.862. The van der Waals surface area contributed by atoms with Crippen LogP contribution in [0.2, 0.25) is 0 Å². The number of esters is 3. The van der Waals surface area contributed by atoms with Crippen molar-refractivity contribution in [3.05, 3.63) is 60.8 Å². The van der Waals surface area contributed by atoms with E-state index in [2.05, 4.69) is 81.5 Å². The first-order chi connectivity index (χ1) is 34.5. The Morgan fingerprint density at radius 3 is 0.871 bits per heavy atom. The van der Waals surface area contributed by atoms with E-state index in [0.717, 1.165) is 89.9 Å². The van der Waals surface area contributed by atoms with Crippen LogP contribution in [0.25, 0.3) is 0 Å². The Morgan fingerprint density at radius 2 is 0.557 bits per heavy atom. The molecule has 0 saturated heterocycles. The van der Waals surface area contributed by atoms with Crippen LogP contribution < -0.4 is 0 Å². The highest BCUT2D eigenvalue weighted by Gasteiger charge is 2.19. The van der Waals surface area contributed by atoms with Crippen molar-refractivity contribution in [2.45, 2.75) is 316 Å². The molecule has 0 saturated carbocycles. The summed E-state index contributed by atoms with van der Waals surface area (Å²) >= 11 is 0. The molecule has 0 aromatic heterocycles. The van der Waals surface area contributed by atoms with Crippen molar-refractivity contribution in [2.24, 2.45) is 0 Å². The van der Waals surface area contributed by atoms with Gasteiger partial charge in [-0.1, -0.05) is 287 Å². The van der Waals surface area contributed by atoms with Gasteiger partial charge in [-0.05, 0) is 64.2 Å². The molecule has 6 heteroatoms. The minimum atomic E-state index is -0.768. The first-order valence-corrected chi connectivity index (χ1v) is 30.3. The molecule has 6 nitrogen and oxygen atoms in total. The Kier molecular flexibility index (Phi) is 56.3. The Morgan fingerprint density at radius 1 is 0.300 bits per heavy atom. The molecule has 0 spiro atoms. The lowest BCUT2D eigenvalue weighted by molar-refractivity contribution is -0.167. The van der Waals surface area contributed by atoms with Crippen molar-refractivity contribution < 1.29 is 28.6 Å². The monoisotopic (exact) mass is 979 g/mol. The van der Waals surface area contributed by atoms with Crippen LogP contribution in [0.4, 0.5) is 0 Å². The SMILES string of the molecule is CC/C=C\C/C=C\C/C=C\C/C=C\C/C=C\CCCCCCCCCCCCCCCC(=O)OCC(COC(=O)CCCCCCCCC)OC(=O)CCCCCCCCCCCCCCCCCC. The standard InChI is InChI=1S/C64H114O6/c1-4-7-10-13-16-18-20-22-24-26-27-28-29-30-31-32-33-34-35-36-37-38-40-41-43-45-48-51-54-57-63(66)69-60-61(59-68-62(65)56-53-50-47-15-12-9-6-3)70-64(67)58-55-52-49-46-44-42-39-25-23-21-19-17-14-11-8-5-2/h7,10,16,18,22,24,27-28,30-31,61H,4-6,8-9,11-15,17,19-21,23,25-26,29,32-60H2,1-3H3/b10-7-,18-16-,24-22-,28-27-,31-30-. The number of ether oxygens (including phenoxy) is 3. The first kappa shape index (κ1) is 67.1. The Bertz CT molecular complexity index is 1260. The highest BCUT2D eigenvalue weighted by molar-refractivity contribution is 5.71. The van der Waals surface area contributed by atoms with Gasteiger partial charge in [0, 0.05) is 19.3 Å². The number of hydrogen-bond acceptors (Lipinski definition) is 6. The van der Waals surface area contributed by atoms with Crippen LogP contribution in [-0.2, 0) is 28.6 Å². The van der Waals surface area contributed by atoms with Gasteiger partial charge in [-0.2, -0.15) is 0 Å². The van der Waals surface area contributed by atoms with Crippen molar-refractivity contribution in [2.75, 3.05) is 13.2 Å². The molecule has 0 radical (unpaired) electrons. The van der Waals surface area contributed by atoms with Crippen LogP contribution in [0.3, 0.4) is 0 Å². The van der Waals surface area contributed by atoms with Gasteiger partial charge in [0.05, 0.1) is 0 Å². The number of allylic oxidation sites excluding steroid dienone is 10. The minimum absolute atomic E-state index is 0.0697. The average Bonchev–Trinajstić information content (AvgIpc) is 3.36. The molecule has 0 aliphatic rings. The summed E-state index contributed by atoms with van der Waals surface area (Å²) in [6, 6.07) is 0.